The molecule has 0 aromatic rings. The molecule has 4 fully saturated rings. The number of rotatable bonds is 2. The quantitative estimate of drug-likeness (QED) is 0.662. The molecular weight excluding hydrogens is 358 g/mol. The van der Waals surface area contributed by atoms with Crippen molar-refractivity contribution in [2.24, 2.45) is 34.5 Å². The Morgan fingerprint density at radius 3 is 2.93 bits per heavy atom. The maximum atomic E-state index is 12.9. The minimum atomic E-state index is -1.06. The second kappa shape index (κ2) is 5.85. The maximum Gasteiger partial charge on any atom is 0.192 e. The standard InChI is InChI=1S/C22H29NO5/c1-20-6-5-14(25)7-12(20)3-4-15-16-8-13-10-23-28-22(13,18(27)11-24)21(16,2)9-17(26)19(15)20/h5-7,13,15-17,19,23-24,26H,3-4,8-11H2,1-2H3/t13-,15?,16?,17-,19?,20-,21-,22-/m0/s1. The number of allylic oxidation sites excluding steroid dienone is 4. The minimum absolute atomic E-state index is 0.0151. The Morgan fingerprint density at radius 2 is 2.18 bits per heavy atom. The van der Waals surface area contributed by atoms with Crippen LogP contribution in [0, 0.1) is 34.5 Å². The highest BCUT2D eigenvalue weighted by molar-refractivity contribution is 6.01. The molecule has 0 amide bonds. The lowest BCUT2D eigenvalue weighted by atomic mass is 9.46. The molecule has 6 nitrogen and oxygen atoms in total. The van der Waals surface area contributed by atoms with E-state index in [1.807, 2.05) is 6.08 Å². The van der Waals surface area contributed by atoms with Gasteiger partial charge in [0.25, 0.3) is 0 Å². The van der Waals surface area contributed by atoms with Gasteiger partial charge in [0.2, 0.25) is 0 Å². The Bertz CT molecular complexity index is 805. The summed E-state index contributed by atoms with van der Waals surface area (Å²) in [5, 5.41) is 21.1. The van der Waals surface area contributed by atoms with Gasteiger partial charge in [-0.2, -0.15) is 0 Å². The summed E-state index contributed by atoms with van der Waals surface area (Å²) < 4.78 is 0. The van der Waals surface area contributed by atoms with Crippen molar-refractivity contribution in [2.75, 3.05) is 13.2 Å². The number of Topliss-reactive ketones (excluding diaryl/α,β-unsaturated/α-hetero) is 1. The molecule has 0 spiro atoms. The van der Waals surface area contributed by atoms with E-state index in [1.165, 1.54) is 0 Å². The van der Waals surface area contributed by atoms with Crippen molar-refractivity contribution in [2.45, 2.75) is 51.2 Å². The van der Waals surface area contributed by atoms with E-state index in [9.17, 15) is 19.8 Å². The molecule has 28 heavy (non-hydrogen) atoms. The Hall–Kier alpha value is -1.34. The summed E-state index contributed by atoms with van der Waals surface area (Å²) in [6, 6.07) is 0. The first kappa shape index (κ1) is 18.7. The average molecular weight is 387 g/mol. The van der Waals surface area contributed by atoms with Crippen LogP contribution in [0.15, 0.2) is 23.8 Å². The smallest absolute Gasteiger partial charge is 0.192 e. The third-order valence-corrected chi connectivity index (χ3v) is 8.97. The van der Waals surface area contributed by atoms with E-state index in [0.717, 1.165) is 24.8 Å². The molecule has 1 heterocycles. The molecule has 0 bridgehead atoms. The highest BCUT2D eigenvalue weighted by atomic mass is 16.7. The lowest BCUT2D eigenvalue weighted by molar-refractivity contribution is -0.198. The van der Waals surface area contributed by atoms with E-state index in [2.05, 4.69) is 19.3 Å². The first-order valence-corrected chi connectivity index (χ1v) is 10.5. The summed E-state index contributed by atoms with van der Waals surface area (Å²) in [5.41, 5.74) is 2.14. The fourth-order valence-corrected chi connectivity index (χ4v) is 7.88. The number of aliphatic hydroxyl groups is 2. The minimum Gasteiger partial charge on any atom is -0.393 e. The van der Waals surface area contributed by atoms with Gasteiger partial charge >= 0.3 is 0 Å². The highest BCUT2D eigenvalue weighted by Crippen LogP contribution is 2.69. The van der Waals surface area contributed by atoms with E-state index in [-0.39, 0.29) is 40.7 Å². The molecular formula is C22H29NO5. The van der Waals surface area contributed by atoms with Crippen LogP contribution >= 0.6 is 0 Å². The monoisotopic (exact) mass is 387 g/mol. The van der Waals surface area contributed by atoms with Crippen LogP contribution in [0.1, 0.15) is 39.5 Å². The van der Waals surface area contributed by atoms with Crippen molar-refractivity contribution in [3.8, 4) is 0 Å². The molecule has 8 atom stereocenters. The van der Waals surface area contributed by atoms with Gasteiger partial charge in [0.05, 0.1) is 6.10 Å². The zero-order chi connectivity index (χ0) is 19.9. The van der Waals surface area contributed by atoms with Gasteiger partial charge in [0.1, 0.15) is 6.61 Å². The molecule has 0 aromatic carbocycles. The Morgan fingerprint density at radius 1 is 1.39 bits per heavy atom. The number of nitrogens with one attached hydrogen (secondary N) is 1. The number of hydroxylamine groups is 1. The van der Waals surface area contributed by atoms with Crippen LogP contribution in [0.5, 0.6) is 0 Å². The SMILES string of the molecule is C[C@]12C=CC(=O)C=C1CCC1C2[C@@H](O)C[C@@]2(C)C1C[C@H]1CNO[C@]12C(=O)CO. The van der Waals surface area contributed by atoms with E-state index >= 15 is 0 Å². The Balaban J connectivity index is 1.59. The molecule has 3 unspecified atom stereocenters. The summed E-state index contributed by atoms with van der Waals surface area (Å²) in [7, 11) is 0. The topological polar surface area (TPSA) is 95.9 Å². The number of aliphatic hydroxyl groups excluding tert-OH is 2. The van der Waals surface area contributed by atoms with Gasteiger partial charge in [-0.25, -0.2) is 5.48 Å². The summed E-state index contributed by atoms with van der Waals surface area (Å²) >= 11 is 0. The lowest BCUT2D eigenvalue weighted by Gasteiger charge is -2.59. The molecule has 4 aliphatic carbocycles. The molecule has 5 rings (SSSR count). The summed E-state index contributed by atoms with van der Waals surface area (Å²) in [6.07, 6.45) is 7.88. The first-order chi connectivity index (χ1) is 13.3. The molecule has 0 aromatic heterocycles. The molecule has 6 heteroatoms. The predicted octanol–water partition coefficient (Wildman–Crippen LogP) is 1.33. The van der Waals surface area contributed by atoms with Crippen molar-refractivity contribution in [1.82, 2.24) is 5.48 Å². The Labute approximate surface area is 165 Å². The van der Waals surface area contributed by atoms with E-state index in [4.69, 9.17) is 4.84 Å². The van der Waals surface area contributed by atoms with E-state index in [1.54, 1.807) is 12.2 Å². The summed E-state index contributed by atoms with van der Waals surface area (Å²) in [5.74, 6) is 0.302. The number of hydrogen-bond donors (Lipinski definition) is 3. The average Bonchev–Trinajstić information content (AvgIpc) is 3.18. The zero-order valence-corrected chi connectivity index (χ0v) is 16.5. The van der Waals surface area contributed by atoms with Crippen LogP contribution in [0.25, 0.3) is 0 Å². The molecule has 1 aliphatic heterocycles. The normalized spacial score (nSPS) is 51.8. The largest absolute Gasteiger partial charge is 0.393 e. The zero-order valence-electron chi connectivity index (χ0n) is 16.5. The van der Waals surface area contributed by atoms with Crippen LogP contribution in [0.2, 0.25) is 0 Å². The third kappa shape index (κ3) is 2.02. The van der Waals surface area contributed by atoms with Gasteiger partial charge < -0.3 is 10.2 Å². The van der Waals surface area contributed by atoms with E-state index < -0.39 is 23.7 Å². The molecule has 3 saturated carbocycles. The van der Waals surface area contributed by atoms with Gasteiger partial charge in [0.15, 0.2) is 17.2 Å². The number of fused-ring (bicyclic) bond motifs is 7. The van der Waals surface area contributed by atoms with Gasteiger partial charge in [0, 0.05) is 29.2 Å². The van der Waals surface area contributed by atoms with Crippen LogP contribution < -0.4 is 5.48 Å². The molecule has 3 N–H and O–H groups in total. The van der Waals surface area contributed by atoms with Crippen molar-refractivity contribution >= 4 is 11.6 Å². The lowest BCUT2D eigenvalue weighted by Crippen LogP contribution is -2.63. The summed E-state index contributed by atoms with van der Waals surface area (Å²) in [4.78, 5) is 30.7. The van der Waals surface area contributed by atoms with Crippen LogP contribution in [-0.2, 0) is 14.4 Å². The highest BCUT2D eigenvalue weighted by Gasteiger charge is 2.74. The first-order valence-electron chi connectivity index (χ1n) is 10.5. The van der Waals surface area contributed by atoms with Gasteiger partial charge in [-0.3, -0.25) is 14.4 Å². The van der Waals surface area contributed by atoms with Gasteiger partial charge in [-0.15, -0.1) is 0 Å². The van der Waals surface area contributed by atoms with Crippen LogP contribution in [0.4, 0.5) is 0 Å². The van der Waals surface area contributed by atoms with Crippen molar-refractivity contribution in [3.05, 3.63) is 23.8 Å². The predicted molar refractivity (Wildman–Crippen MR) is 101 cm³/mol. The maximum absolute atomic E-state index is 12.9. The van der Waals surface area contributed by atoms with E-state index in [0.29, 0.717) is 13.0 Å². The second-order valence-corrected chi connectivity index (χ2v) is 9.91. The fourth-order valence-electron chi connectivity index (χ4n) is 7.88. The van der Waals surface area contributed by atoms with Crippen molar-refractivity contribution in [3.63, 3.8) is 0 Å². The van der Waals surface area contributed by atoms with Crippen molar-refractivity contribution in [1.29, 1.82) is 0 Å². The fraction of sp³-hybridized carbons (Fsp3) is 0.727. The molecule has 5 aliphatic rings. The number of hydrogen-bond acceptors (Lipinski definition) is 6. The molecule has 1 saturated heterocycles. The van der Waals surface area contributed by atoms with Crippen LogP contribution in [0.3, 0.4) is 0 Å². The molecule has 152 valence electrons. The molecule has 0 radical (unpaired) electrons. The third-order valence-electron chi connectivity index (χ3n) is 8.97. The summed E-state index contributed by atoms with van der Waals surface area (Å²) in [6.45, 7) is 4.28. The number of ketones is 2. The van der Waals surface area contributed by atoms with Gasteiger partial charge in [-0.05, 0) is 49.7 Å². The Kier molecular flexibility index (Phi) is 3.90. The van der Waals surface area contributed by atoms with Crippen molar-refractivity contribution < 1.29 is 24.6 Å². The number of carbonyl (C=O) groups excluding carboxylic acids is 2. The number of carbonyl (C=O) groups is 2. The van der Waals surface area contributed by atoms with Crippen LogP contribution in [-0.4, -0.2) is 46.6 Å². The second-order valence-electron chi connectivity index (χ2n) is 9.91. The van der Waals surface area contributed by atoms with Gasteiger partial charge in [-0.1, -0.05) is 25.5 Å².